The van der Waals surface area contributed by atoms with E-state index in [9.17, 15) is 14.5 Å². The van der Waals surface area contributed by atoms with Gasteiger partial charge < -0.3 is 20.1 Å². The zero-order chi connectivity index (χ0) is 19.8. The van der Waals surface area contributed by atoms with Crippen molar-refractivity contribution in [3.05, 3.63) is 53.1 Å². The highest BCUT2D eigenvalue weighted by Gasteiger charge is 2.23. The lowest BCUT2D eigenvalue weighted by atomic mass is 10.2. The molecule has 1 heterocycles. The van der Waals surface area contributed by atoms with Crippen LogP contribution in [0.3, 0.4) is 0 Å². The van der Waals surface area contributed by atoms with Crippen LogP contribution in [-0.2, 0) is 13.8 Å². The Bertz CT molecular complexity index is 799. The van der Waals surface area contributed by atoms with Gasteiger partial charge in [-0.2, -0.15) is 4.98 Å². The van der Waals surface area contributed by atoms with E-state index < -0.39 is 32.4 Å². The molecular formula is C17H24N3O6P. The first-order chi connectivity index (χ1) is 12.9. The topological polar surface area (TPSA) is 126 Å². The van der Waals surface area contributed by atoms with Gasteiger partial charge in [-0.25, -0.2) is 9.36 Å². The zero-order valence-corrected chi connectivity index (χ0v) is 16.1. The van der Waals surface area contributed by atoms with Gasteiger partial charge in [0.15, 0.2) is 0 Å². The standard InChI is InChI=1S/C17H24N3O6P/c1-3-16(20-10-9-15(18)19-17(20)22)25-14(12(2)21)11-24-27(23)26-13-7-5-4-6-8-13/h4-10,12,14,16,21,27H,3,11H2,1-2H3,(H2,18,19,22)/t12-,14?,16?/m0/s1. The molecule has 3 unspecified atom stereocenters. The Morgan fingerprint density at radius 1 is 1.30 bits per heavy atom. The molecule has 27 heavy (non-hydrogen) atoms. The number of aliphatic hydroxyl groups excluding tert-OH is 1. The van der Waals surface area contributed by atoms with Gasteiger partial charge in [0.05, 0.1) is 12.7 Å². The predicted octanol–water partition coefficient (Wildman–Crippen LogP) is 1.99. The first-order valence-electron chi connectivity index (χ1n) is 8.48. The molecule has 1 aromatic carbocycles. The number of nitrogen functional groups attached to an aromatic ring is 1. The number of benzene rings is 1. The van der Waals surface area contributed by atoms with E-state index in [1.807, 2.05) is 6.92 Å². The van der Waals surface area contributed by atoms with E-state index in [1.165, 1.54) is 23.8 Å². The van der Waals surface area contributed by atoms with Gasteiger partial charge in [-0.05, 0) is 31.5 Å². The molecule has 2 aromatic rings. The van der Waals surface area contributed by atoms with Crippen molar-refractivity contribution in [1.82, 2.24) is 9.55 Å². The molecule has 0 saturated carbocycles. The molecule has 0 bridgehead atoms. The lowest BCUT2D eigenvalue weighted by Gasteiger charge is -2.27. The zero-order valence-electron chi connectivity index (χ0n) is 15.1. The summed E-state index contributed by atoms with van der Waals surface area (Å²) in [4.78, 5) is 15.7. The number of aliphatic hydroxyl groups is 1. The number of nitrogens with two attached hydrogens (primary N) is 1. The third-order valence-electron chi connectivity index (χ3n) is 3.69. The van der Waals surface area contributed by atoms with Crippen molar-refractivity contribution in [2.75, 3.05) is 12.3 Å². The smallest absolute Gasteiger partial charge is 0.367 e. The third-order valence-corrected chi connectivity index (χ3v) is 4.50. The Labute approximate surface area is 157 Å². The van der Waals surface area contributed by atoms with Crippen molar-refractivity contribution in [1.29, 1.82) is 0 Å². The summed E-state index contributed by atoms with van der Waals surface area (Å²) in [5.74, 6) is 0.528. The van der Waals surface area contributed by atoms with Gasteiger partial charge in [0.1, 0.15) is 23.9 Å². The van der Waals surface area contributed by atoms with Crippen LogP contribution in [0.5, 0.6) is 5.75 Å². The second-order valence-corrected chi connectivity index (χ2v) is 6.79. The maximum Gasteiger partial charge on any atom is 0.367 e. The number of aromatic nitrogens is 2. The Morgan fingerprint density at radius 3 is 2.59 bits per heavy atom. The molecule has 1 aromatic heterocycles. The fourth-order valence-electron chi connectivity index (χ4n) is 2.26. The first kappa shape index (κ1) is 21.1. The van der Waals surface area contributed by atoms with Gasteiger partial charge in [-0.3, -0.25) is 9.09 Å². The molecule has 10 heteroatoms. The minimum atomic E-state index is -2.83. The molecule has 9 nitrogen and oxygen atoms in total. The normalized spacial score (nSPS) is 15.7. The Kier molecular flexibility index (Phi) is 7.99. The van der Waals surface area contributed by atoms with E-state index in [1.54, 1.807) is 30.3 Å². The summed E-state index contributed by atoms with van der Waals surface area (Å²) in [6.07, 6.45) is -0.535. The van der Waals surface area contributed by atoms with Crippen LogP contribution in [0.2, 0.25) is 0 Å². The number of para-hydroxylation sites is 1. The highest BCUT2D eigenvalue weighted by Crippen LogP contribution is 2.28. The molecule has 2 rings (SSSR count). The summed E-state index contributed by atoms with van der Waals surface area (Å²) < 4.78 is 29.5. The van der Waals surface area contributed by atoms with E-state index in [2.05, 4.69) is 4.98 Å². The van der Waals surface area contributed by atoms with Crippen LogP contribution in [0, 0.1) is 0 Å². The Hall–Kier alpha value is -2.19. The van der Waals surface area contributed by atoms with Crippen molar-refractivity contribution in [3.63, 3.8) is 0 Å². The van der Waals surface area contributed by atoms with E-state index in [0.717, 1.165) is 0 Å². The SMILES string of the molecule is CCC(OC(CO[PH](=O)Oc1ccccc1)[C@H](C)O)n1ccc(N)nc1=O. The molecule has 0 aliphatic heterocycles. The number of nitrogens with zero attached hydrogens (tertiary/aromatic N) is 2. The number of rotatable bonds is 10. The highest BCUT2D eigenvalue weighted by atomic mass is 31.1. The van der Waals surface area contributed by atoms with Crippen molar-refractivity contribution in [2.24, 2.45) is 0 Å². The molecule has 0 aliphatic rings. The Balaban J connectivity index is 1.99. The first-order valence-corrected chi connectivity index (χ1v) is 9.71. The highest BCUT2D eigenvalue weighted by molar-refractivity contribution is 7.33. The fraction of sp³-hybridized carbons (Fsp3) is 0.412. The molecule has 148 valence electrons. The number of hydrogen-bond donors (Lipinski definition) is 2. The monoisotopic (exact) mass is 397 g/mol. The second kappa shape index (κ2) is 10.2. The van der Waals surface area contributed by atoms with Crippen LogP contribution >= 0.6 is 8.25 Å². The summed E-state index contributed by atoms with van der Waals surface area (Å²) in [5.41, 5.74) is 4.93. The summed E-state index contributed by atoms with van der Waals surface area (Å²) in [6.45, 7) is 3.16. The fourth-order valence-corrected chi connectivity index (χ4v) is 2.95. The molecule has 0 aliphatic carbocycles. The summed E-state index contributed by atoms with van der Waals surface area (Å²) in [7, 11) is -2.83. The lowest BCUT2D eigenvalue weighted by molar-refractivity contribution is -0.117. The largest absolute Gasteiger partial charge is 0.426 e. The van der Waals surface area contributed by atoms with Crippen LogP contribution in [0.15, 0.2) is 47.4 Å². The van der Waals surface area contributed by atoms with E-state index in [0.29, 0.717) is 12.2 Å². The van der Waals surface area contributed by atoms with Crippen LogP contribution in [-0.4, -0.2) is 33.5 Å². The van der Waals surface area contributed by atoms with Gasteiger partial charge in [-0.15, -0.1) is 0 Å². The van der Waals surface area contributed by atoms with Crippen molar-refractivity contribution in [3.8, 4) is 5.75 Å². The van der Waals surface area contributed by atoms with Gasteiger partial charge in [0.2, 0.25) is 0 Å². The minimum Gasteiger partial charge on any atom is -0.426 e. The number of anilines is 1. The van der Waals surface area contributed by atoms with Crippen LogP contribution < -0.4 is 15.9 Å². The average Bonchev–Trinajstić information content (AvgIpc) is 2.63. The van der Waals surface area contributed by atoms with Crippen molar-refractivity contribution < 1.29 is 23.5 Å². The van der Waals surface area contributed by atoms with Crippen LogP contribution in [0.4, 0.5) is 5.82 Å². The van der Waals surface area contributed by atoms with Crippen LogP contribution in [0.1, 0.15) is 26.5 Å². The molecule has 0 saturated heterocycles. The van der Waals surface area contributed by atoms with Gasteiger partial charge in [0.25, 0.3) is 0 Å². The summed E-state index contributed by atoms with van der Waals surface area (Å²) >= 11 is 0. The molecule has 0 spiro atoms. The van der Waals surface area contributed by atoms with Gasteiger partial charge >= 0.3 is 13.9 Å². The molecule has 0 radical (unpaired) electrons. The second-order valence-electron chi connectivity index (χ2n) is 5.80. The molecule has 0 fully saturated rings. The maximum absolute atomic E-state index is 12.0. The lowest BCUT2D eigenvalue weighted by Crippen LogP contribution is -2.36. The average molecular weight is 397 g/mol. The molecule has 4 atom stereocenters. The minimum absolute atomic E-state index is 0.109. The Morgan fingerprint density at radius 2 is 2.00 bits per heavy atom. The summed E-state index contributed by atoms with van der Waals surface area (Å²) in [6, 6.07) is 10.1. The van der Waals surface area contributed by atoms with Crippen molar-refractivity contribution in [2.45, 2.75) is 38.7 Å². The van der Waals surface area contributed by atoms with E-state index in [4.69, 9.17) is 19.5 Å². The molecule has 0 amide bonds. The number of ether oxygens (including phenoxy) is 1. The van der Waals surface area contributed by atoms with E-state index in [-0.39, 0.29) is 12.4 Å². The summed E-state index contributed by atoms with van der Waals surface area (Å²) in [5, 5.41) is 9.96. The number of hydrogen-bond acceptors (Lipinski definition) is 8. The quantitative estimate of drug-likeness (QED) is 0.583. The predicted molar refractivity (Wildman–Crippen MR) is 101 cm³/mol. The maximum atomic E-state index is 12.0. The van der Waals surface area contributed by atoms with Crippen LogP contribution in [0.25, 0.3) is 0 Å². The van der Waals surface area contributed by atoms with Gasteiger partial charge in [0, 0.05) is 6.20 Å². The third kappa shape index (κ3) is 6.48. The molecule has 3 N–H and O–H groups in total. The van der Waals surface area contributed by atoms with Gasteiger partial charge in [-0.1, -0.05) is 25.1 Å². The van der Waals surface area contributed by atoms with Crippen molar-refractivity contribution >= 4 is 14.1 Å². The van der Waals surface area contributed by atoms with E-state index >= 15 is 0 Å². The molecular weight excluding hydrogens is 373 g/mol.